The molecule has 1 aromatic carbocycles. The maximum absolute atomic E-state index is 5.98. The molecule has 1 aliphatic carbocycles. The minimum Gasteiger partial charge on any atom is -0.361 e. The molecule has 0 amide bonds. The molecule has 1 aliphatic heterocycles. The van der Waals surface area contributed by atoms with Crippen LogP contribution < -0.4 is 0 Å². The Morgan fingerprint density at radius 3 is 2.80 bits per heavy atom. The van der Waals surface area contributed by atoms with E-state index in [0.717, 1.165) is 5.92 Å². The zero-order valence-electron chi connectivity index (χ0n) is 9.28. The topological polar surface area (TPSA) is 12.5 Å². The van der Waals surface area contributed by atoms with Gasteiger partial charge >= 0.3 is 0 Å². The first-order valence-electron chi connectivity index (χ1n) is 6.08. The zero-order valence-corrected chi connectivity index (χ0v) is 9.28. The number of benzene rings is 1. The van der Waals surface area contributed by atoms with Gasteiger partial charge in [-0.3, -0.25) is 0 Å². The van der Waals surface area contributed by atoms with Crippen molar-refractivity contribution in [2.45, 2.75) is 44.3 Å². The van der Waals surface area contributed by atoms with Crippen LogP contribution in [0, 0.1) is 5.92 Å². The predicted octanol–water partition coefficient (Wildman–Crippen LogP) is 3.49. The SMILES string of the molecule is CC[C@@H]1CC[C@]2(c3ccccc3)O[C@H]2C1. The number of ether oxygens (including phenoxy) is 1. The molecule has 1 aromatic rings. The van der Waals surface area contributed by atoms with Gasteiger partial charge in [-0.1, -0.05) is 43.7 Å². The summed E-state index contributed by atoms with van der Waals surface area (Å²) in [6.07, 6.45) is 5.65. The Hall–Kier alpha value is -0.820. The molecule has 1 nitrogen and oxygen atoms in total. The van der Waals surface area contributed by atoms with Gasteiger partial charge in [0, 0.05) is 0 Å². The third kappa shape index (κ3) is 1.41. The first-order chi connectivity index (χ1) is 7.35. The van der Waals surface area contributed by atoms with Crippen molar-refractivity contribution in [2.24, 2.45) is 5.92 Å². The molecule has 15 heavy (non-hydrogen) atoms. The second kappa shape index (κ2) is 3.34. The summed E-state index contributed by atoms with van der Waals surface area (Å²) < 4.78 is 5.98. The molecule has 1 saturated heterocycles. The molecule has 3 atom stereocenters. The molecule has 0 aromatic heterocycles. The Morgan fingerprint density at radius 2 is 2.13 bits per heavy atom. The number of hydrogen-bond donors (Lipinski definition) is 0. The molecule has 3 rings (SSSR count). The first kappa shape index (κ1) is 9.41. The molecule has 2 fully saturated rings. The van der Waals surface area contributed by atoms with Crippen LogP contribution in [0.25, 0.3) is 0 Å². The molecule has 0 spiro atoms. The average Bonchev–Trinajstić information content (AvgIpc) is 3.04. The van der Waals surface area contributed by atoms with Gasteiger partial charge in [-0.25, -0.2) is 0 Å². The van der Waals surface area contributed by atoms with E-state index in [1.165, 1.54) is 31.2 Å². The highest BCUT2D eigenvalue weighted by Gasteiger charge is 2.59. The van der Waals surface area contributed by atoms with Gasteiger partial charge < -0.3 is 4.74 Å². The Balaban J connectivity index is 1.80. The Bertz CT molecular complexity index is 346. The van der Waals surface area contributed by atoms with E-state index < -0.39 is 0 Å². The Kier molecular flexibility index (Phi) is 2.10. The molecular formula is C14H18O. The van der Waals surface area contributed by atoms with Crippen LogP contribution in [0.4, 0.5) is 0 Å². The van der Waals surface area contributed by atoms with Crippen LogP contribution in [0.15, 0.2) is 30.3 Å². The van der Waals surface area contributed by atoms with E-state index in [9.17, 15) is 0 Å². The second-order valence-electron chi connectivity index (χ2n) is 4.91. The molecule has 0 radical (unpaired) electrons. The lowest BCUT2D eigenvalue weighted by molar-refractivity contribution is 0.283. The summed E-state index contributed by atoms with van der Waals surface area (Å²) in [6, 6.07) is 10.7. The number of epoxide rings is 1. The predicted molar refractivity (Wildman–Crippen MR) is 60.6 cm³/mol. The van der Waals surface area contributed by atoms with Gasteiger partial charge in [-0.15, -0.1) is 0 Å². The van der Waals surface area contributed by atoms with Gasteiger partial charge in [0.15, 0.2) is 0 Å². The van der Waals surface area contributed by atoms with E-state index in [1.54, 1.807) is 0 Å². The Labute approximate surface area is 91.5 Å². The number of rotatable bonds is 2. The lowest BCUT2D eigenvalue weighted by Crippen LogP contribution is -2.22. The maximum Gasteiger partial charge on any atom is 0.120 e. The molecule has 0 unspecified atom stereocenters. The summed E-state index contributed by atoms with van der Waals surface area (Å²) in [5.74, 6) is 0.898. The molecular weight excluding hydrogens is 184 g/mol. The molecule has 2 aliphatic rings. The number of fused-ring (bicyclic) bond motifs is 1. The van der Waals surface area contributed by atoms with Gasteiger partial charge in [0.05, 0.1) is 6.10 Å². The third-order valence-electron chi connectivity index (χ3n) is 4.13. The van der Waals surface area contributed by atoms with Gasteiger partial charge in [0.2, 0.25) is 0 Å². The van der Waals surface area contributed by atoms with Crippen LogP contribution >= 0.6 is 0 Å². The van der Waals surface area contributed by atoms with E-state index in [4.69, 9.17) is 4.74 Å². The minimum atomic E-state index is 0.118. The fraction of sp³-hybridized carbons (Fsp3) is 0.571. The fourth-order valence-corrected chi connectivity index (χ4v) is 3.01. The zero-order chi connectivity index (χ0) is 10.3. The van der Waals surface area contributed by atoms with Crippen LogP contribution in [0.1, 0.15) is 38.2 Å². The van der Waals surface area contributed by atoms with Crippen molar-refractivity contribution >= 4 is 0 Å². The molecule has 1 heterocycles. The summed E-state index contributed by atoms with van der Waals surface area (Å²) in [5, 5.41) is 0. The summed E-state index contributed by atoms with van der Waals surface area (Å²) in [4.78, 5) is 0. The lowest BCUT2D eigenvalue weighted by Gasteiger charge is -2.23. The third-order valence-corrected chi connectivity index (χ3v) is 4.13. The summed E-state index contributed by atoms with van der Waals surface area (Å²) in [5.41, 5.74) is 1.51. The maximum atomic E-state index is 5.98. The van der Waals surface area contributed by atoms with Gasteiger partial charge in [-0.05, 0) is 30.7 Å². The van der Waals surface area contributed by atoms with Crippen molar-refractivity contribution < 1.29 is 4.74 Å². The van der Waals surface area contributed by atoms with Crippen molar-refractivity contribution in [1.82, 2.24) is 0 Å². The molecule has 1 saturated carbocycles. The van der Waals surface area contributed by atoms with Crippen molar-refractivity contribution in [3.8, 4) is 0 Å². The standard InChI is InChI=1S/C14H18O/c1-2-11-8-9-14(13(10-11)15-14)12-6-4-3-5-7-12/h3-7,11,13H,2,8-10H2,1H3/t11-,13+,14-/m1/s1. The monoisotopic (exact) mass is 202 g/mol. The highest BCUT2D eigenvalue weighted by Crippen LogP contribution is 2.56. The van der Waals surface area contributed by atoms with Gasteiger partial charge in [-0.2, -0.15) is 0 Å². The summed E-state index contributed by atoms with van der Waals surface area (Å²) in [6.45, 7) is 2.29. The molecule has 80 valence electrons. The lowest BCUT2D eigenvalue weighted by atomic mass is 9.78. The van der Waals surface area contributed by atoms with Crippen LogP contribution in [-0.2, 0) is 10.3 Å². The van der Waals surface area contributed by atoms with E-state index in [-0.39, 0.29) is 5.60 Å². The van der Waals surface area contributed by atoms with Gasteiger partial charge in [0.25, 0.3) is 0 Å². The Morgan fingerprint density at radius 1 is 1.33 bits per heavy atom. The molecule has 1 heteroatoms. The van der Waals surface area contributed by atoms with E-state index in [2.05, 4.69) is 37.3 Å². The van der Waals surface area contributed by atoms with Crippen LogP contribution in [0.5, 0.6) is 0 Å². The van der Waals surface area contributed by atoms with Gasteiger partial charge in [0.1, 0.15) is 5.60 Å². The van der Waals surface area contributed by atoms with Crippen LogP contribution in [0.3, 0.4) is 0 Å². The van der Waals surface area contributed by atoms with E-state index in [1.807, 2.05) is 0 Å². The molecule has 0 N–H and O–H groups in total. The molecule has 0 bridgehead atoms. The quantitative estimate of drug-likeness (QED) is 0.669. The fourth-order valence-electron chi connectivity index (χ4n) is 3.01. The first-order valence-corrected chi connectivity index (χ1v) is 6.08. The highest BCUT2D eigenvalue weighted by atomic mass is 16.6. The van der Waals surface area contributed by atoms with E-state index in [0.29, 0.717) is 6.10 Å². The van der Waals surface area contributed by atoms with Crippen molar-refractivity contribution in [3.63, 3.8) is 0 Å². The highest BCUT2D eigenvalue weighted by molar-refractivity contribution is 5.30. The number of hydrogen-bond acceptors (Lipinski definition) is 1. The van der Waals surface area contributed by atoms with Crippen LogP contribution in [-0.4, -0.2) is 6.10 Å². The van der Waals surface area contributed by atoms with E-state index >= 15 is 0 Å². The van der Waals surface area contributed by atoms with Crippen LogP contribution in [0.2, 0.25) is 0 Å². The summed E-state index contributed by atoms with van der Waals surface area (Å²) >= 11 is 0. The van der Waals surface area contributed by atoms with Crippen molar-refractivity contribution in [2.75, 3.05) is 0 Å². The normalized spacial score (nSPS) is 38.5. The van der Waals surface area contributed by atoms with Crippen molar-refractivity contribution in [3.05, 3.63) is 35.9 Å². The average molecular weight is 202 g/mol. The second-order valence-corrected chi connectivity index (χ2v) is 4.91. The minimum absolute atomic E-state index is 0.118. The summed E-state index contributed by atoms with van der Waals surface area (Å²) in [7, 11) is 0. The van der Waals surface area contributed by atoms with Crippen molar-refractivity contribution in [1.29, 1.82) is 0 Å². The largest absolute Gasteiger partial charge is 0.361 e. The smallest absolute Gasteiger partial charge is 0.120 e.